The number of carbonyl (C=O) groups is 1. The van der Waals surface area contributed by atoms with E-state index in [-0.39, 0.29) is 12.0 Å². The number of halogens is 1. The third-order valence-electron chi connectivity index (χ3n) is 6.03. The van der Waals surface area contributed by atoms with E-state index in [1.165, 1.54) is 11.1 Å². The van der Waals surface area contributed by atoms with Gasteiger partial charge in [-0.15, -0.1) is 0 Å². The van der Waals surface area contributed by atoms with Crippen molar-refractivity contribution in [2.75, 3.05) is 32.7 Å². The summed E-state index contributed by atoms with van der Waals surface area (Å²) in [6.07, 6.45) is 1.97. The Morgan fingerprint density at radius 2 is 1.81 bits per heavy atom. The van der Waals surface area contributed by atoms with Gasteiger partial charge in [-0.3, -0.25) is 9.69 Å². The molecule has 2 aromatic rings. The summed E-state index contributed by atoms with van der Waals surface area (Å²) in [5.74, 6) is 0.419. The Labute approximate surface area is 192 Å². The number of rotatable bonds is 9. The van der Waals surface area contributed by atoms with Crippen LogP contribution in [-0.2, 0) is 16.1 Å². The zero-order valence-corrected chi connectivity index (χ0v) is 19.8. The largest absolute Gasteiger partial charge is 0.368 e. The summed E-state index contributed by atoms with van der Waals surface area (Å²) < 4.78 is 6.39. The van der Waals surface area contributed by atoms with Crippen LogP contribution in [0.3, 0.4) is 0 Å². The number of aryl methyl sites for hydroxylation is 1. The van der Waals surface area contributed by atoms with E-state index < -0.39 is 0 Å². The lowest BCUT2D eigenvalue weighted by molar-refractivity contribution is -0.137. The fraction of sp³-hybridized carbons (Fsp3) is 0.500. The fourth-order valence-electron chi connectivity index (χ4n) is 4.18. The minimum Gasteiger partial charge on any atom is -0.368 e. The van der Waals surface area contributed by atoms with Crippen LogP contribution in [0.15, 0.2) is 48.5 Å². The molecule has 0 radical (unpaired) electrons. The van der Waals surface area contributed by atoms with Gasteiger partial charge in [0.15, 0.2) is 0 Å². The maximum Gasteiger partial charge on any atom is 0.225 e. The molecule has 1 saturated heterocycles. The second-order valence-electron chi connectivity index (χ2n) is 8.66. The molecule has 168 valence electrons. The summed E-state index contributed by atoms with van der Waals surface area (Å²) in [5.41, 5.74) is 3.55. The van der Waals surface area contributed by atoms with E-state index in [0.29, 0.717) is 12.5 Å². The van der Waals surface area contributed by atoms with Gasteiger partial charge in [-0.05, 0) is 36.6 Å². The van der Waals surface area contributed by atoms with E-state index in [1.807, 2.05) is 24.0 Å². The van der Waals surface area contributed by atoms with Crippen LogP contribution in [0, 0.1) is 12.8 Å². The normalized spacial score (nSPS) is 16.8. The van der Waals surface area contributed by atoms with Gasteiger partial charge < -0.3 is 9.64 Å². The first-order valence-corrected chi connectivity index (χ1v) is 11.8. The van der Waals surface area contributed by atoms with E-state index in [1.54, 1.807) is 0 Å². The molecule has 1 aliphatic rings. The number of piperazine rings is 1. The molecule has 2 atom stereocenters. The number of hydrogen-bond donors (Lipinski definition) is 0. The van der Waals surface area contributed by atoms with Gasteiger partial charge in [0, 0.05) is 43.7 Å². The molecule has 2 aromatic carbocycles. The third-order valence-corrected chi connectivity index (χ3v) is 6.28. The van der Waals surface area contributed by atoms with Crippen molar-refractivity contribution in [2.45, 2.75) is 46.3 Å². The lowest BCUT2D eigenvalue weighted by Gasteiger charge is -2.37. The van der Waals surface area contributed by atoms with Crippen LogP contribution in [0.1, 0.15) is 49.5 Å². The van der Waals surface area contributed by atoms with Crippen LogP contribution < -0.4 is 0 Å². The van der Waals surface area contributed by atoms with Gasteiger partial charge in [0.25, 0.3) is 0 Å². The molecule has 0 aromatic heterocycles. The molecule has 31 heavy (non-hydrogen) atoms. The van der Waals surface area contributed by atoms with Crippen LogP contribution in [0.2, 0.25) is 5.02 Å². The zero-order chi connectivity index (χ0) is 22.2. The Morgan fingerprint density at radius 3 is 2.45 bits per heavy atom. The van der Waals surface area contributed by atoms with Crippen molar-refractivity contribution in [3.05, 3.63) is 70.2 Å². The highest BCUT2D eigenvalue weighted by molar-refractivity contribution is 6.30. The van der Waals surface area contributed by atoms with Gasteiger partial charge in [-0.2, -0.15) is 0 Å². The van der Waals surface area contributed by atoms with E-state index in [0.717, 1.165) is 56.2 Å². The van der Waals surface area contributed by atoms with E-state index in [9.17, 15) is 4.79 Å². The van der Waals surface area contributed by atoms with Crippen molar-refractivity contribution < 1.29 is 9.53 Å². The van der Waals surface area contributed by atoms with Crippen molar-refractivity contribution in [1.29, 1.82) is 0 Å². The maximum atomic E-state index is 12.6. The second kappa shape index (κ2) is 11.7. The Morgan fingerprint density at radius 1 is 1.10 bits per heavy atom. The highest BCUT2D eigenvalue weighted by Gasteiger charge is 2.26. The van der Waals surface area contributed by atoms with Crippen molar-refractivity contribution >= 4 is 17.5 Å². The molecular weight excluding hydrogens is 408 g/mol. The van der Waals surface area contributed by atoms with E-state index >= 15 is 0 Å². The average molecular weight is 443 g/mol. The number of carbonyl (C=O) groups excluding carboxylic acids is 1. The van der Waals surface area contributed by atoms with Gasteiger partial charge >= 0.3 is 0 Å². The van der Waals surface area contributed by atoms with Crippen molar-refractivity contribution in [3.8, 4) is 0 Å². The zero-order valence-electron chi connectivity index (χ0n) is 19.0. The Kier molecular flexibility index (Phi) is 8.94. The summed E-state index contributed by atoms with van der Waals surface area (Å²) in [4.78, 5) is 17.1. The smallest absolute Gasteiger partial charge is 0.225 e. The predicted molar refractivity (Wildman–Crippen MR) is 127 cm³/mol. The van der Waals surface area contributed by atoms with Crippen molar-refractivity contribution in [1.82, 2.24) is 9.80 Å². The molecule has 1 fully saturated rings. The summed E-state index contributed by atoms with van der Waals surface area (Å²) in [7, 11) is 0. The molecular formula is C26H35ClN2O2. The first-order chi connectivity index (χ1) is 15.0. The molecule has 1 amide bonds. The third kappa shape index (κ3) is 7.06. The molecule has 5 heteroatoms. The summed E-state index contributed by atoms with van der Waals surface area (Å²) in [6.45, 7) is 11.0. The highest BCUT2D eigenvalue weighted by Crippen LogP contribution is 2.24. The Balaban J connectivity index is 1.61. The van der Waals surface area contributed by atoms with Gasteiger partial charge in [0.2, 0.25) is 5.91 Å². The number of nitrogens with zero attached hydrogens (tertiary/aromatic N) is 2. The molecule has 1 heterocycles. The first kappa shape index (κ1) is 23.8. The van der Waals surface area contributed by atoms with Gasteiger partial charge in [0.05, 0.1) is 12.7 Å². The number of ether oxygens (including phenoxy) is 1. The molecule has 0 bridgehead atoms. The molecule has 3 rings (SSSR count). The second-order valence-corrected chi connectivity index (χ2v) is 9.09. The lowest BCUT2D eigenvalue weighted by Crippen LogP contribution is -2.50. The molecule has 0 aliphatic carbocycles. The van der Waals surface area contributed by atoms with Crippen molar-refractivity contribution in [2.24, 2.45) is 5.92 Å². The molecule has 0 unspecified atom stereocenters. The van der Waals surface area contributed by atoms with Crippen LogP contribution in [0.5, 0.6) is 0 Å². The summed E-state index contributed by atoms with van der Waals surface area (Å²) in [5, 5.41) is 0.731. The molecule has 0 spiro atoms. The van der Waals surface area contributed by atoms with E-state index in [2.05, 4.69) is 55.1 Å². The van der Waals surface area contributed by atoms with Gasteiger partial charge in [-0.25, -0.2) is 0 Å². The van der Waals surface area contributed by atoms with Gasteiger partial charge in [0.1, 0.15) is 0 Å². The number of benzene rings is 2. The van der Waals surface area contributed by atoms with E-state index in [4.69, 9.17) is 16.3 Å². The number of amides is 1. The van der Waals surface area contributed by atoms with Crippen molar-refractivity contribution in [3.63, 3.8) is 0 Å². The molecule has 1 aliphatic heterocycles. The fourth-order valence-corrected chi connectivity index (χ4v) is 4.31. The molecule has 4 nitrogen and oxygen atoms in total. The SMILES string of the molecule is CCC[C@H](C)C(=O)N1CCN(C[C@H](OCc2cccc(C)c2)c2ccc(Cl)cc2)CC1. The van der Waals surface area contributed by atoms with Crippen LogP contribution >= 0.6 is 11.6 Å². The number of hydrogen-bond acceptors (Lipinski definition) is 3. The Bertz CT molecular complexity index is 832. The van der Waals surface area contributed by atoms with Gasteiger partial charge in [-0.1, -0.05) is 73.8 Å². The average Bonchev–Trinajstić information content (AvgIpc) is 2.77. The summed E-state index contributed by atoms with van der Waals surface area (Å²) >= 11 is 6.10. The minimum atomic E-state index is -0.0426. The standard InChI is InChI=1S/C26H35ClN2O2/c1-4-6-21(3)26(30)29-15-13-28(14-16-29)18-25(23-9-11-24(27)12-10-23)31-19-22-8-5-7-20(2)17-22/h5,7-12,17,21,25H,4,6,13-16,18-19H2,1-3H3/t21-,25-/m0/s1. The summed E-state index contributed by atoms with van der Waals surface area (Å²) in [6, 6.07) is 16.4. The van der Waals surface area contributed by atoms with Crippen LogP contribution in [0.4, 0.5) is 0 Å². The Hall–Kier alpha value is -1.88. The molecule has 0 saturated carbocycles. The minimum absolute atomic E-state index is 0.0426. The lowest BCUT2D eigenvalue weighted by atomic mass is 10.0. The topological polar surface area (TPSA) is 32.8 Å². The monoisotopic (exact) mass is 442 g/mol. The highest BCUT2D eigenvalue weighted by atomic mass is 35.5. The van der Waals surface area contributed by atoms with Crippen LogP contribution in [-0.4, -0.2) is 48.4 Å². The predicted octanol–water partition coefficient (Wildman–Crippen LogP) is 5.49. The first-order valence-electron chi connectivity index (χ1n) is 11.4. The van der Waals surface area contributed by atoms with Crippen LogP contribution in [0.25, 0.3) is 0 Å². The maximum absolute atomic E-state index is 12.6. The quantitative estimate of drug-likeness (QED) is 0.515. The molecule has 0 N–H and O–H groups in total.